The van der Waals surface area contributed by atoms with Gasteiger partial charge in [-0.15, -0.1) is 0 Å². The van der Waals surface area contributed by atoms with Crippen LogP contribution in [-0.2, 0) is 38.9 Å². The van der Waals surface area contributed by atoms with Gasteiger partial charge >= 0.3 is 6.09 Å². The van der Waals surface area contributed by atoms with Gasteiger partial charge in [-0.2, -0.15) is 5.26 Å². The fourth-order valence-corrected chi connectivity index (χ4v) is 7.67. The molecule has 1 N–H and O–H groups in total. The molecule has 3 aliphatic rings. The van der Waals surface area contributed by atoms with Crippen LogP contribution in [0.4, 0.5) is 22.1 Å². The molecular formula is C39H52N6O5Si. The lowest BCUT2D eigenvalue weighted by molar-refractivity contribution is 0.0575. The molecule has 1 aromatic carbocycles. The SMILES string of the molecule is CC(C)(C)OC(=O)N1C[C@](C)(CO[Si](C)(C)C(C)(C)C)c2cc(-c3ccnc(Nc4cc5c(n(CCC6CC6)c4=O)CCOC5)n3)cc(C#N)c21. The van der Waals surface area contributed by atoms with Crippen molar-refractivity contribution in [3.8, 4) is 17.3 Å². The van der Waals surface area contributed by atoms with Crippen molar-refractivity contribution < 1.29 is 18.7 Å². The Labute approximate surface area is 302 Å². The fourth-order valence-electron chi connectivity index (χ4n) is 6.56. The van der Waals surface area contributed by atoms with Crippen LogP contribution in [0.3, 0.4) is 0 Å². The molecular weight excluding hydrogens is 661 g/mol. The number of nitrogens with one attached hydrogen (secondary N) is 1. The standard InChI is InChI=1S/C39H52N6O5Si/c1-37(2,3)50-36(47)45-23-39(7,24-49-51(8,9)38(4,5)6)29-19-26(18-27(21-40)33(29)45)30-12-15-41-35(42-30)43-31-20-28-22-48-17-14-32(28)44(34(31)46)16-13-25-10-11-25/h12,15,18-20,25H,10-11,13-14,16-17,22-24H2,1-9H3,(H,41,42,43)/t39-/m1/s1. The highest BCUT2D eigenvalue weighted by Crippen LogP contribution is 2.47. The Hall–Kier alpha value is -4.05. The number of amides is 1. The van der Waals surface area contributed by atoms with E-state index in [1.165, 1.54) is 12.8 Å². The summed E-state index contributed by atoms with van der Waals surface area (Å²) < 4.78 is 20.2. The lowest BCUT2D eigenvalue weighted by Gasteiger charge is -2.39. The minimum absolute atomic E-state index is 0.00874. The maximum Gasteiger partial charge on any atom is 0.414 e. The number of nitriles is 1. The van der Waals surface area contributed by atoms with Gasteiger partial charge in [0.15, 0.2) is 8.32 Å². The van der Waals surface area contributed by atoms with Crippen molar-refractivity contribution >= 4 is 31.7 Å². The number of carbonyl (C=O) groups is 1. The van der Waals surface area contributed by atoms with Crippen LogP contribution < -0.4 is 15.8 Å². The second-order valence-electron chi connectivity index (χ2n) is 17.1. The van der Waals surface area contributed by atoms with Gasteiger partial charge in [0.05, 0.1) is 30.2 Å². The van der Waals surface area contributed by atoms with E-state index in [1.807, 2.05) is 37.5 Å². The van der Waals surface area contributed by atoms with Crippen LogP contribution in [0, 0.1) is 17.2 Å². The molecule has 0 radical (unpaired) electrons. The van der Waals surface area contributed by atoms with E-state index < -0.39 is 25.4 Å². The zero-order valence-corrected chi connectivity index (χ0v) is 32.6. The molecule has 2 aromatic heterocycles. The first-order valence-electron chi connectivity index (χ1n) is 18.1. The largest absolute Gasteiger partial charge is 0.443 e. The van der Waals surface area contributed by atoms with Gasteiger partial charge in [-0.05, 0) is 86.6 Å². The second-order valence-corrected chi connectivity index (χ2v) is 21.9. The van der Waals surface area contributed by atoms with Crippen LogP contribution in [-0.4, -0.2) is 54.3 Å². The first-order chi connectivity index (χ1) is 23.9. The lowest BCUT2D eigenvalue weighted by Crippen LogP contribution is -2.46. The van der Waals surface area contributed by atoms with Gasteiger partial charge in [-0.3, -0.25) is 9.69 Å². The number of benzene rings is 1. The normalized spacial score (nSPS) is 18.9. The van der Waals surface area contributed by atoms with Crippen molar-refractivity contribution in [2.24, 2.45) is 5.92 Å². The molecule has 1 atom stereocenters. The van der Waals surface area contributed by atoms with Gasteiger partial charge < -0.3 is 23.8 Å². The van der Waals surface area contributed by atoms with Gasteiger partial charge in [0.1, 0.15) is 17.4 Å². The molecule has 12 heteroatoms. The maximum absolute atomic E-state index is 13.8. The number of anilines is 3. The van der Waals surface area contributed by atoms with E-state index in [-0.39, 0.29) is 16.5 Å². The average Bonchev–Trinajstić information content (AvgIpc) is 3.84. The Morgan fingerprint density at radius 1 is 1.18 bits per heavy atom. The van der Waals surface area contributed by atoms with E-state index in [4.69, 9.17) is 18.9 Å². The van der Waals surface area contributed by atoms with E-state index in [9.17, 15) is 14.9 Å². The molecule has 272 valence electrons. The third-order valence-electron chi connectivity index (χ3n) is 10.7. The topological polar surface area (TPSA) is 132 Å². The molecule has 1 fully saturated rings. The summed E-state index contributed by atoms with van der Waals surface area (Å²) in [6.45, 7) is 21.0. The molecule has 0 bridgehead atoms. The zero-order valence-electron chi connectivity index (χ0n) is 31.6. The third kappa shape index (κ3) is 7.76. The molecule has 51 heavy (non-hydrogen) atoms. The lowest BCUT2D eigenvalue weighted by atomic mass is 9.83. The van der Waals surface area contributed by atoms with Gasteiger partial charge in [0.2, 0.25) is 5.95 Å². The predicted molar refractivity (Wildman–Crippen MR) is 201 cm³/mol. The average molecular weight is 713 g/mol. The smallest absolute Gasteiger partial charge is 0.414 e. The Balaban J connectivity index is 1.37. The van der Waals surface area contributed by atoms with Crippen molar-refractivity contribution in [1.29, 1.82) is 5.26 Å². The van der Waals surface area contributed by atoms with E-state index in [1.54, 1.807) is 23.2 Å². The van der Waals surface area contributed by atoms with E-state index in [2.05, 4.69) is 57.2 Å². The van der Waals surface area contributed by atoms with Crippen LogP contribution >= 0.6 is 0 Å². The van der Waals surface area contributed by atoms with Gasteiger partial charge in [-0.1, -0.05) is 40.5 Å². The summed E-state index contributed by atoms with van der Waals surface area (Å²) in [7, 11) is -2.16. The first-order valence-corrected chi connectivity index (χ1v) is 21.0. The summed E-state index contributed by atoms with van der Waals surface area (Å²) in [5, 5.41) is 13.7. The van der Waals surface area contributed by atoms with Crippen LogP contribution in [0.1, 0.15) is 90.1 Å². The Bertz CT molecular complexity index is 1930. The van der Waals surface area contributed by atoms with E-state index >= 15 is 0 Å². The van der Waals surface area contributed by atoms with Crippen molar-refractivity contribution in [2.75, 3.05) is 30.0 Å². The van der Waals surface area contributed by atoms with Gasteiger partial charge in [0.25, 0.3) is 5.56 Å². The molecule has 0 saturated heterocycles. The van der Waals surface area contributed by atoms with Gasteiger partial charge in [-0.25, -0.2) is 14.8 Å². The van der Waals surface area contributed by atoms with Crippen molar-refractivity contribution in [3.63, 3.8) is 0 Å². The van der Waals surface area contributed by atoms with E-state index in [0.717, 1.165) is 23.2 Å². The second kappa shape index (κ2) is 13.5. The minimum Gasteiger partial charge on any atom is -0.443 e. The molecule has 3 aromatic rings. The summed E-state index contributed by atoms with van der Waals surface area (Å²) >= 11 is 0. The van der Waals surface area contributed by atoms with Crippen molar-refractivity contribution in [1.82, 2.24) is 14.5 Å². The Kier molecular flexibility index (Phi) is 9.72. The summed E-state index contributed by atoms with van der Waals surface area (Å²) in [4.78, 5) is 38.3. The Morgan fingerprint density at radius 3 is 2.59 bits per heavy atom. The van der Waals surface area contributed by atoms with Crippen molar-refractivity contribution in [2.45, 2.75) is 116 Å². The molecule has 0 spiro atoms. The number of rotatable bonds is 9. The van der Waals surface area contributed by atoms with E-state index in [0.29, 0.717) is 73.4 Å². The zero-order chi connectivity index (χ0) is 36.9. The predicted octanol–water partition coefficient (Wildman–Crippen LogP) is 7.83. The third-order valence-corrected chi connectivity index (χ3v) is 15.2. The van der Waals surface area contributed by atoms with Crippen LogP contribution in [0.25, 0.3) is 11.3 Å². The summed E-state index contributed by atoms with van der Waals surface area (Å²) in [6.07, 6.45) is 5.31. The minimum atomic E-state index is -2.16. The quantitative estimate of drug-likeness (QED) is 0.221. The van der Waals surface area contributed by atoms with Crippen LogP contribution in [0.5, 0.6) is 0 Å². The number of nitrogens with zero attached hydrogens (tertiary/aromatic N) is 5. The van der Waals surface area contributed by atoms with Crippen LogP contribution in [0.15, 0.2) is 35.3 Å². The first kappa shape index (κ1) is 36.7. The fraction of sp³-hybridized carbons (Fsp3) is 0.564. The molecule has 1 aliphatic carbocycles. The number of hydrogen-bond donors (Lipinski definition) is 1. The number of aromatic nitrogens is 3. The molecule has 1 amide bonds. The highest BCUT2D eigenvalue weighted by Gasteiger charge is 2.47. The molecule has 11 nitrogen and oxygen atoms in total. The molecule has 0 unspecified atom stereocenters. The number of ether oxygens (including phenoxy) is 2. The highest BCUT2D eigenvalue weighted by molar-refractivity contribution is 6.74. The van der Waals surface area contributed by atoms with Crippen molar-refractivity contribution in [3.05, 3.63) is 63.2 Å². The molecule has 1 saturated carbocycles. The maximum atomic E-state index is 13.8. The highest BCUT2D eigenvalue weighted by atomic mass is 28.4. The molecule has 2 aliphatic heterocycles. The number of hydrogen-bond acceptors (Lipinski definition) is 9. The Morgan fingerprint density at radius 2 is 1.92 bits per heavy atom. The summed E-state index contributed by atoms with van der Waals surface area (Å²) in [5.41, 5.74) is 3.99. The number of fused-ring (bicyclic) bond motifs is 2. The van der Waals surface area contributed by atoms with Crippen LogP contribution in [0.2, 0.25) is 18.1 Å². The molecule has 4 heterocycles. The molecule has 6 rings (SSSR count). The monoisotopic (exact) mass is 712 g/mol. The number of carbonyl (C=O) groups excluding carboxylic acids is 1. The summed E-state index contributed by atoms with van der Waals surface area (Å²) in [6, 6.07) is 9.75. The summed E-state index contributed by atoms with van der Waals surface area (Å²) in [5.74, 6) is 0.972. The number of pyridine rings is 1. The van der Waals surface area contributed by atoms with Gasteiger partial charge in [0, 0.05) is 49.0 Å².